The van der Waals surface area contributed by atoms with Gasteiger partial charge in [0.05, 0.1) is 5.69 Å². The molecule has 13 heavy (non-hydrogen) atoms. The molecule has 1 aromatic rings. The standard InChI is InChI=1S/C7H12N2O2S2/c1-8-4-3-6-5-12-7(9-6)13(2,10)11/h5,8H,3-4H2,1-2H3. The largest absolute Gasteiger partial charge is 0.319 e. The summed E-state index contributed by atoms with van der Waals surface area (Å²) in [4.78, 5) is 4.01. The average molecular weight is 220 g/mol. The zero-order valence-corrected chi connectivity index (χ0v) is 9.20. The number of sulfone groups is 1. The van der Waals surface area contributed by atoms with Crippen molar-refractivity contribution in [2.24, 2.45) is 0 Å². The van der Waals surface area contributed by atoms with E-state index in [2.05, 4.69) is 10.3 Å². The molecule has 0 aromatic carbocycles. The molecule has 1 N–H and O–H groups in total. The third-order valence-electron chi connectivity index (χ3n) is 1.48. The highest BCUT2D eigenvalue weighted by Gasteiger charge is 2.11. The Morgan fingerprint density at radius 2 is 2.31 bits per heavy atom. The van der Waals surface area contributed by atoms with Crippen LogP contribution in [0.3, 0.4) is 0 Å². The van der Waals surface area contributed by atoms with Crippen molar-refractivity contribution in [1.29, 1.82) is 0 Å². The van der Waals surface area contributed by atoms with Crippen molar-refractivity contribution >= 4 is 21.2 Å². The lowest BCUT2D eigenvalue weighted by atomic mass is 10.3. The van der Waals surface area contributed by atoms with Crippen molar-refractivity contribution < 1.29 is 8.42 Å². The van der Waals surface area contributed by atoms with Crippen LogP contribution in [-0.2, 0) is 16.3 Å². The van der Waals surface area contributed by atoms with Crippen molar-refractivity contribution in [3.05, 3.63) is 11.1 Å². The van der Waals surface area contributed by atoms with Crippen molar-refractivity contribution in [3.8, 4) is 0 Å². The summed E-state index contributed by atoms with van der Waals surface area (Å²) in [7, 11) is -1.27. The Bertz CT molecular complexity index is 370. The Balaban J connectivity index is 2.76. The van der Waals surface area contributed by atoms with Gasteiger partial charge in [0.25, 0.3) is 0 Å². The molecule has 0 aliphatic rings. The van der Waals surface area contributed by atoms with Crippen molar-refractivity contribution in [3.63, 3.8) is 0 Å². The van der Waals surface area contributed by atoms with E-state index >= 15 is 0 Å². The molecule has 0 radical (unpaired) electrons. The lowest BCUT2D eigenvalue weighted by molar-refractivity contribution is 0.600. The van der Waals surface area contributed by atoms with Gasteiger partial charge < -0.3 is 5.32 Å². The van der Waals surface area contributed by atoms with E-state index in [4.69, 9.17) is 0 Å². The van der Waals surface area contributed by atoms with Gasteiger partial charge in [0.1, 0.15) is 0 Å². The van der Waals surface area contributed by atoms with Crippen LogP contribution >= 0.6 is 11.3 Å². The summed E-state index contributed by atoms with van der Waals surface area (Å²) in [5.41, 5.74) is 0.833. The summed E-state index contributed by atoms with van der Waals surface area (Å²) < 4.78 is 22.3. The van der Waals surface area contributed by atoms with Gasteiger partial charge in [-0.25, -0.2) is 13.4 Å². The van der Waals surface area contributed by atoms with Crippen molar-refractivity contribution in [2.75, 3.05) is 19.8 Å². The zero-order chi connectivity index (χ0) is 9.90. The Morgan fingerprint density at radius 3 is 2.77 bits per heavy atom. The van der Waals surface area contributed by atoms with Gasteiger partial charge in [0, 0.05) is 24.6 Å². The molecule has 1 rings (SSSR count). The maximum absolute atomic E-state index is 11.1. The lowest BCUT2D eigenvalue weighted by Crippen LogP contribution is -2.10. The fraction of sp³-hybridized carbons (Fsp3) is 0.571. The number of likely N-dealkylation sites (N-methyl/N-ethyl adjacent to an activating group) is 1. The van der Waals surface area contributed by atoms with Crippen LogP contribution in [0.15, 0.2) is 9.72 Å². The molecule has 0 unspecified atom stereocenters. The molecule has 0 bridgehead atoms. The zero-order valence-electron chi connectivity index (χ0n) is 7.57. The minimum Gasteiger partial charge on any atom is -0.319 e. The minimum atomic E-state index is -3.12. The molecular formula is C7H12N2O2S2. The Morgan fingerprint density at radius 1 is 1.62 bits per heavy atom. The Labute approximate surface area is 81.9 Å². The van der Waals surface area contributed by atoms with Gasteiger partial charge >= 0.3 is 0 Å². The number of thiazole rings is 1. The maximum Gasteiger partial charge on any atom is 0.209 e. The second kappa shape index (κ2) is 4.17. The van der Waals surface area contributed by atoms with Crippen LogP contribution in [0.1, 0.15) is 5.69 Å². The van der Waals surface area contributed by atoms with Crippen LogP contribution in [0.4, 0.5) is 0 Å². The molecule has 0 atom stereocenters. The first-order valence-corrected chi connectivity index (χ1v) is 6.60. The highest BCUT2D eigenvalue weighted by atomic mass is 32.2. The maximum atomic E-state index is 11.1. The van der Waals surface area contributed by atoms with E-state index in [-0.39, 0.29) is 4.34 Å². The summed E-state index contributed by atoms with van der Waals surface area (Å²) in [6, 6.07) is 0. The summed E-state index contributed by atoms with van der Waals surface area (Å²) in [6.07, 6.45) is 1.94. The van der Waals surface area contributed by atoms with E-state index in [1.165, 1.54) is 17.6 Å². The fourth-order valence-electron chi connectivity index (χ4n) is 0.827. The number of hydrogen-bond acceptors (Lipinski definition) is 5. The van der Waals surface area contributed by atoms with Crippen LogP contribution in [0, 0.1) is 0 Å². The van der Waals surface area contributed by atoms with E-state index in [1.807, 2.05) is 7.05 Å². The third kappa shape index (κ3) is 3.06. The first-order valence-electron chi connectivity index (χ1n) is 3.83. The highest BCUT2D eigenvalue weighted by Crippen LogP contribution is 2.15. The van der Waals surface area contributed by atoms with E-state index in [1.54, 1.807) is 5.38 Å². The molecule has 0 amide bonds. The first kappa shape index (κ1) is 10.6. The fourth-order valence-corrected chi connectivity index (χ4v) is 2.53. The first-order chi connectivity index (χ1) is 6.04. The van der Waals surface area contributed by atoms with Crippen LogP contribution in [-0.4, -0.2) is 33.2 Å². The normalized spacial score (nSPS) is 11.8. The summed E-state index contributed by atoms with van der Waals surface area (Å²) >= 11 is 1.18. The van der Waals surface area contributed by atoms with Gasteiger partial charge in [-0.1, -0.05) is 0 Å². The molecule has 1 aromatic heterocycles. The topological polar surface area (TPSA) is 59.1 Å². The van der Waals surface area contributed by atoms with Crippen molar-refractivity contribution in [1.82, 2.24) is 10.3 Å². The van der Waals surface area contributed by atoms with Crippen molar-refractivity contribution in [2.45, 2.75) is 10.8 Å². The van der Waals surface area contributed by atoms with Gasteiger partial charge in [0.2, 0.25) is 14.2 Å². The van der Waals surface area contributed by atoms with Gasteiger partial charge in [-0.05, 0) is 7.05 Å². The average Bonchev–Trinajstić information content (AvgIpc) is 2.47. The Hall–Kier alpha value is -0.460. The molecule has 0 fully saturated rings. The van der Waals surface area contributed by atoms with Crippen LogP contribution in [0.2, 0.25) is 0 Å². The number of hydrogen-bond donors (Lipinski definition) is 1. The Kier molecular flexibility index (Phi) is 3.40. The monoisotopic (exact) mass is 220 g/mol. The second-order valence-electron chi connectivity index (χ2n) is 2.73. The number of aromatic nitrogens is 1. The molecule has 0 spiro atoms. The number of rotatable bonds is 4. The van der Waals surface area contributed by atoms with E-state index in [9.17, 15) is 8.42 Å². The lowest BCUT2D eigenvalue weighted by Gasteiger charge is -1.93. The third-order valence-corrected chi connectivity index (χ3v) is 4.08. The van der Waals surface area contributed by atoms with E-state index < -0.39 is 9.84 Å². The number of nitrogens with one attached hydrogen (secondary N) is 1. The van der Waals surface area contributed by atoms with Crippen LogP contribution in [0.25, 0.3) is 0 Å². The van der Waals surface area contributed by atoms with E-state index in [0.29, 0.717) is 0 Å². The summed E-state index contributed by atoms with van der Waals surface area (Å²) in [5, 5.41) is 4.76. The van der Waals surface area contributed by atoms with Gasteiger partial charge in [-0.2, -0.15) is 0 Å². The van der Waals surface area contributed by atoms with E-state index in [0.717, 1.165) is 18.7 Å². The second-order valence-corrected chi connectivity index (χ2v) is 5.78. The van der Waals surface area contributed by atoms with Gasteiger partial charge in [0.15, 0.2) is 0 Å². The molecule has 1 heterocycles. The smallest absolute Gasteiger partial charge is 0.209 e. The van der Waals surface area contributed by atoms with Crippen LogP contribution < -0.4 is 5.32 Å². The molecule has 4 nitrogen and oxygen atoms in total. The van der Waals surface area contributed by atoms with Gasteiger partial charge in [-0.15, -0.1) is 11.3 Å². The molecule has 0 aliphatic carbocycles. The SMILES string of the molecule is CNCCc1csc(S(C)(=O)=O)n1. The van der Waals surface area contributed by atoms with Gasteiger partial charge in [-0.3, -0.25) is 0 Å². The molecule has 0 saturated carbocycles. The quantitative estimate of drug-likeness (QED) is 0.793. The summed E-state index contributed by atoms with van der Waals surface area (Å²) in [5.74, 6) is 0. The number of nitrogens with zero attached hydrogens (tertiary/aromatic N) is 1. The predicted octanol–water partition coefficient (Wildman–Crippen LogP) is 0.308. The molecule has 74 valence electrons. The molecule has 6 heteroatoms. The molecule has 0 aliphatic heterocycles. The highest BCUT2D eigenvalue weighted by molar-refractivity contribution is 7.92. The molecular weight excluding hydrogens is 208 g/mol. The van der Waals surface area contributed by atoms with Crippen LogP contribution in [0.5, 0.6) is 0 Å². The summed E-state index contributed by atoms with van der Waals surface area (Å²) in [6.45, 7) is 0.812. The minimum absolute atomic E-state index is 0.207. The predicted molar refractivity (Wildman–Crippen MR) is 52.9 cm³/mol. The molecule has 0 saturated heterocycles.